The first-order chi connectivity index (χ1) is 12.6. The predicted octanol–water partition coefficient (Wildman–Crippen LogP) is 4.29. The molecule has 0 saturated carbocycles. The van der Waals surface area contributed by atoms with Gasteiger partial charge >= 0.3 is 0 Å². The van der Waals surface area contributed by atoms with Gasteiger partial charge in [0.25, 0.3) is 0 Å². The number of nitrogens with zero attached hydrogens (tertiary/aromatic N) is 1. The van der Waals surface area contributed by atoms with Crippen LogP contribution in [0.5, 0.6) is 11.5 Å². The fourth-order valence-electron chi connectivity index (χ4n) is 2.56. The van der Waals surface area contributed by atoms with Crippen LogP contribution in [0.3, 0.4) is 0 Å². The van der Waals surface area contributed by atoms with E-state index >= 15 is 0 Å². The third-order valence-electron chi connectivity index (χ3n) is 3.84. The van der Waals surface area contributed by atoms with Gasteiger partial charge in [0, 0.05) is 21.7 Å². The van der Waals surface area contributed by atoms with E-state index in [9.17, 15) is 4.79 Å². The summed E-state index contributed by atoms with van der Waals surface area (Å²) in [6.07, 6.45) is 0. The number of nitrogens with one attached hydrogen (secondary N) is 1. The Hall–Kier alpha value is -2.73. The van der Waals surface area contributed by atoms with Gasteiger partial charge in [0.1, 0.15) is 11.5 Å². The first-order valence-electron chi connectivity index (χ1n) is 8.11. The van der Waals surface area contributed by atoms with E-state index < -0.39 is 0 Å². The first kappa shape index (κ1) is 18.1. The highest BCUT2D eigenvalue weighted by molar-refractivity contribution is 8.00. The lowest BCUT2D eigenvalue weighted by atomic mass is 10.2. The molecular formula is C20H20N2O3S. The molecule has 0 spiro atoms. The van der Waals surface area contributed by atoms with Crippen molar-refractivity contribution in [1.29, 1.82) is 0 Å². The minimum Gasteiger partial charge on any atom is -0.497 e. The topological polar surface area (TPSA) is 60.5 Å². The molecule has 1 amide bonds. The van der Waals surface area contributed by atoms with Gasteiger partial charge in [-0.15, -0.1) is 11.8 Å². The second-order valence-corrected chi connectivity index (χ2v) is 6.73. The van der Waals surface area contributed by atoms with E-state index in [2.05, 4.69) is 10.3 Å². The molecule has 0 saturated heterocycles. The summed E-state index contributed by atoms with van der Waals surface area (Å²) in [5, 5.41) is 3.88. The summed E-state index contributed by atoms with van der Waals surface area (Å²) in [6.45, 7) is 1.95. The van der Waals surface area contributed by atoms with Crippen LogP contribution in [0.15, 0.2) is 53.4 Å². The summed E-state index contributed by atoms with van der Waals surface area (Å²) in [5.41, 5.74) is 2.55. The lowest BCUT2D eigenvalue weighted by Gasteiger charge is -2.10. The van der Waals surface area contributed by atoms with Crippen molar-refractivity contribution < 1.29 is 14.3 Å². The second-order valence-electron chi connectivity index (χ2n) is 5.71. The number of hydrogen-bond donors (Lipinski definition) is 1. The predicted molar refractivity (Wildman–Crippen MR) is 105 cm³/mol. The molecule has 3 aromatic rings. The van der Waals surface area contributed by atoms with Crippen molar-refractivity contribution in [3.8, 4) is 11.5 Å². The van der Waals surface area contributed by atoms with Gasteiger partial charge in [-0.25, -0.2) is 0 Å². The van der Waals surface area contributed by atoms with E-state index in [4.69, 9.17) is 9.47 Å². The maximum Gasteiger partial charge on any atom is 0.234 e. The number of thioether (sulfide) groups is 1. The van der Waals surface area contributed by atoms with Crippen molar-refractivity contribution >= 4 is 34.3 Å². The number of anilines is 1. The monoisotopic (exact) mass is 368 g/mol. The highest BCUT2D eigenvalue weighted by Crippen LogP contribution is 2.30. The number of rotatable bonds is 6. The van der Waals surface area contributed by atoms with Gasteiger partial charge < -0.3 is 14.8 Å². The highest BCUT2D eigenvalue weighted by Gasteiger charge is 2.09. The van der Waals surface area contributed by atoms with Crippen LogP contribution < -0.4 is 14.8 Å². The van der Waals surface area contributed by atoms with Gasteiger partial charge in [0.05, 0.1) is 25.5 Å². The molecule has 0 aliphatic carbocycles. The molecule has 0 atom stereocenters. The van der Waals surface area contributed by atoms with Crippen molar-refractivity contribution in [3.63, 3.8) is 0 Å². The highest BCUT2D eigenvalue weighted by atomic mass is 32.2. The van der Waals surface area contributed by atoms with Crippen molar-refractivity contribution in [2.24, 2.45) is 0 Å². The molecule has 6 heteroatoms. The lowest BCUT2D eigenvalue weighted by Crippen LogP contribution is -2.13. The molecule has 26 heavy (non-hydrogen) atoms. The zero-order chi connectivity index (χ0) is 18.5. The van der Waals surface area contributed by atoms with Crippen LogP contribution >= 0.6 is 11.8 Å². The van der Waals surface area contributed by atoms with Crippen molar-refractivity contribution in [2.45, 2.75) is 11.8 Å². The quantitative estimate of drug-likeness (QED) is 0.658. The number of hydrogen-bond acceptors (Lipinski definition) is 5. The number of aromatic nitrogens is 1. The number of aryl methyl sites for hydroxylation is 1. The fraction of sp³-hybridized carbons (Fsp3) is 0.200. The molecule has 0 aliphatic heterocycles. The van der Waals surface area contributed by atoms with Crippen molar-refractivity contribution in [3.05, 3.63) is 54.2 Å². The molecule has 3 rings (SSSR count). The molecule has 1 N–H and O–H groups in total. The molecule has 0 radical (unpaired) electrons. The minimum absolute atomic E-state index is 0.0642. The third kappa shape index (κ3) is 4.26. The smallest absolute Gasteiger partial charge is 0.234 e. The normalized spacial score (nSPS) is 10.6. The van der Waals surface area contributed by atoms with Crippen molar-refractivity contribution in [1.82, 2.24) is 4.98 Å². The number of carbonyl (C=O) groups excluding carboxylic acids is 1. The van der Waals surface area contributed by atoms with Crippen LogP contribution in [0.25, 0.3) is 10.9 Å². The van der Waals surface area contributed by atoms with E-state index in [1.807, 2.05) is 55.5 Å². The Morgan fingerprint density at radius 2 is 1.73 bits per heavy atom. The van der Waals surface area contributed by atoms with Gasteiger partial charge in [0.2, 0.25) is 5.91 Å². The van der Waals surface area contributed by atoms with Crippen LogP contribution in [0, 0.1) is 6.92 Å². The molecular weight excluding hydrogens is 348 g/mol. The van der Waals surface area contributed by atoms with E-state index in [0.717, 1.165) is 38.7 Å². The van der Waals surface area contributed by atoms with Gasteiger partial charge in [-0.1, -0.05) is 0 Å². The van der Waals surface area contributed by atoms with Gasteiger partial charge in [-0.3, -0.25) is 9.78 Å². The zero-order valence-corrected chi connectivity index (χ0v) is 15.7. The van der Waals surface area contributed by atoms with Crippen molar-refractivity contribution in [2.75, 3.05) is 25.3 Å². The first-order valence-corrected chi connectivity index (χ1v) is 9.09. The SMILES string of the molecule is COc1ccc(NC(=O)CSc2cc(C)nc3ccc(OC)cc23)cc1. The molecule has 5 nitrogen and oxygen atoms in total. The lowest BCUT2D eigenvalue weighted by molar-refractivity contribution is -0.113. The van der Waals surface area contributed by atoms with E-state index in [-0.39, 0.29) is 5.91 Å². The summed E-state index contributed by atoms with van der Waals surface area (Å²) in [5.74, 6) is 1.77. The molecule has 0 bridgehead atoms. The number of benzene rings is 2. The number of amides is 1. The summed E-state index contributed by atoms with van der Waals surface area (Å²) in [4.78, 5) is 17.8. The third-order valence-corrected chi connectivity index (χ3v) is 4.89. The maximum atomic E-state index is 12.3. The average molecular weight is 368 g/mol. The molecule has 1 aromatic heterocycles. The Labute approximate surface area is 156 Å². The van der Waals surface area contributed by atoms with Gasteiger partial charge in [0.15, 0.2) is 0 Å². The zero-order valence-electron chi connectivity index (χ0n) is 14.9. The molecule has 0 unspecified atom stereocenters. The Morgan fingerprint density at radius 3 is 2.42 bits per heavy atom. The maximum absolute atomic E-state index is 12.3. The minimum atomic E-state index is -0.0642. The molecule has 1 heterocycles. The fourth-order valence-corrected chi connectivity index (χ4v) is 3.49. The van der Waals surface area contributed by atoms with Crippen LogP contribution in [0.1, 0.15) is 5.69 Å². The number of pyridine rings is 1. The molecule has 0 aliphatic rings. The number of methoxy groups -OCH3 is 2. The Bertz CT molecular complexity index is 926. The van der Waals surface area contributed by atoms with Crippen LogP contribution in [0.4, 0.5) is 5.69 Å². The number of ether oxygens (including phenoxy) is 2. The standard InChI is InChI=1S/C20H20N2O3S/c1-13-10-19(17-11-16(25-3)8-9-18(17)21-13)26-12-20(23)22-14-4-6-15(24-2)7-5-14/h4-11H,12H2,1-3H3,(H,22,23). The van der Waals surface area contributed by atoms with Crippen LogP contribution in [-0.4, -0.2) is 30.9 Å². The van der Waals surface area contributed by atoms with Gasteiger partial charge in [-0.05, 0) is 55.5 Å². The Balaban J connectivity index is 1.72. The largest absolute Gasteiger partial charge is 0.497 e. The molecule has 2 aromatic carbocycles. The average Bonchev–Trinajstić information content (AvgIpc) is 2.66. The summed E-state index contributed by atoms with van der Waals surface area (Å²) in [7, 11) is 3.25. The Kier molecular flexibility index (Phi) is 5.63. The molecule has 0 fully saturated rings. The van der Waals surface area contributed by atoms with E-state index in [1.54, 1.807) is 14.2 Å². The molecule has 134 valence electrons. The summed E-state index contributed by atoms with van der Waals surface area (Å²) >= 11 is 1.49. The Morgan fingerprint density at radius 1 is 1.04 bits per heavy atom. The van der Waals surface area contributed by atoms with E-state index in [0.29, 0.717) is 5.75 Å². The summed E-state index contributed by atoms with van der Waals surface area (Å²) in [6, 6.07) is 15.0. The number of carbonyl (C=O) groups is 1. The van der Waals surface area contributed by atoms with E-state index in [1.165, 1.54) is 11.8 Å². The number of fused-ring (bicyclic) bond motifs is 1. The van der Waals surface area contributed by atoms with Gasteiger partial charge in [-0.2, -0.15) is 0 Å². The van der Waals surface area contributed by atoms with Crippen LogP contribution in [-0.2, 0) is 4.79 Å². The second kappa shape index (κ2) is 8.10. The summed E-state index contributed by atoms with van der Waals surface area (Å²) < 4.78 is 10.4. The van der Waals surface area contributed by atoms with Crippen LogP contribution in [0.2, 0.25) is 0 Å².